The van der Waals surface area contributed by atoms with Gasteiger partial charge >= 0.3 is 0 Å². The summed E-state index contributed by atoms with van der Waals surface area (Å²) in [6.45, 7) is 6.83. The predicted octanol–water partition coefficient (Wildman–Crippen LogP) is 3.21. The van der Waals surface area contributed by atoms with Crippen LogP contribution in [0.25, 0.3) is 0 Å². The van der Waals surface area contributed by atoms with Crippen LogP contribution in [0.4, 0.5) is 0 Å². The van der Waals surface area contributed by atoms with E-state index in [0.717, 1.165) is 24.4 Å². The number of hydrogen-bond donors (Lipinski definition) is 2. The first kappa shape index (κ1) is 16.7. The summed E-state index contributed by atoms with van der Waals surface area (Å²) < 4.78 is 0. The molecule has 1 saturated heterocycles. The zero-order valence-corrected chi connectivity index (χ0v) is 14.7. The van der Waals surface area contributed by atoms with Gasteiger partial charge in [-0.1, -0.05) is 36.4 Å². The molecule has 3 unspecified atom stereocenters. The van der Waals surface area contributed by atoms with Crippen molar-refractivity contribution in [1.82, 2.24) is 10.2 Å². The summed E-state index contributed by atoms with van der Waals surface area (Å²) in [6.07, 6.45) is 1.13. The maximum absolute atomic E-state index is 10.6. The molecule has 1 aromatic heterocycles. The lowest BCUT2D eigenvalue weighted by Gasteiger charge is -2.25. The smallest absolute Gasteiger partial charge is 0.108 e. The van der Waals surface area contributed by atoms with Crippen LogP contribution >= 0.6 is 11.3 Å². The van der Waals surface area contributed by atoms with Crippen molar-refractivity contribution in [2.75, 3.05) is 13.1 Å². The van der Waals surface area contributed by atoms with Crippen LogP contribution in [-0.2, 0) is 12.1 Å². The first-order valence-electron chi connectivity index (χ1n) is 8.32. The molecule has 0 aliphatic carbocycles. The second-order valence-corrected chi connectivity index (χ2v) is 7.78. The molecule has 0 amide bonds. The van der Waals surface area contributed by atoms with Crippen LogP contribution in [0.5, 0.6) is 0 Å². The molecule has 4 heteroatoms. The molecule has 0 spiro atoms. The van der Waals surface area contributed by atoms with E-state index in [9.17, 15) is 5.11 Å². The minimum absolute atomic E-state index is 0.445. The maximum Gasteiger partial charge on any atom is 0.108 e. The van der Waals surface area contributed by atoms with E-state index in [0.29, 0.717) is 18.6 Å². The van der Waals surface area contributed by atoms with E-state index in [1.807, 2.05) is 24.4 Å². The Kier molecular flexibility index (Phi) is 5.17. The quantitative estimate of drug-likeness (QED) is 0.854. The van der Waals surface area contributed by atoms with E-state index in [1.165, 1.54) is 5.56 Å². The Morgan fingerprint density at radius 2 is 2.04 bits per heavy atom. The van der Waals surface area contributed by atoms with E-state index >= 15 is 0 Å². The van der Waals surface area contributed by atoms with Crippen molar-refractivity contribution < 1.29 is 5.11 Å². The Bertz CT molecular complexity index is 597. The number of rotatable bonds is 6. The number of aliphatic hydroxyl groups is 1. The van der Waals surface area contributed by atoms with Crippen molar-refractivity contribution in [3.05, 3.63) is 58.3 Å². The lowest BCUT2D eigenvalue weighted by Crippen LogP contribution is -2.41. The molecule has 3 atom stereocenters. The summed E-state index contributed by atoms with van der Waals surface area (Å²) in [7, 11) is 0. The van der Waals surface area contributed by atoms with Gasteiger partial charge in [0.25, 0.3) is 0 Å². The zero-order chi connectivity index (χ0) is 16.3. The molecule has 2 N–H and O–H groups in total. The predicted molar refractivity (Wildman–Crippen MR) is 96.6 cm³/mol. The van der Waals surface area contributed by atoms with Crippen molar-refractivity contribution in [3.63, 3.8) is 0 Å². The van der Waals surface area contributed by atoms with Gasteiger partial charge in [-0.15, -0.1) is 11.3 Å². The van der Waals surface area contributed by atoms with Crippen molar-refractivity contribution in [3.8, 4) is 0 Å². The SMILES string of the molecule is CC1CC(NCC(C)(O)c2cccs2)CN1Cc1ccccc1. The van der Waals surface area contributed by atoms with Gasteiger partial charge in [0.05, 0.1) is 0 Å². The van der Waals surface area contributed by atoms with Gasteiger partial charge in [0.2, 0.25) is 0 Å². The molecular formula is C19H26N2OS. The molecular weight excluding hydrogens is 304 g/mol. The van der Waals surface area contributed by atoms with E-state index < -0.39 is 5.60 Å². The number of hydrogen-bond acceptors (Lipinski definition) is 4. The summed E-state index contributed by atoms with van der Waals surface area (Å²) in [5.74, 6) is 0. The van der Waals surface area contributed by atoms with Crippen LogP contribution < -0.4 is 5.32 Å². The molecule has 2 heterocycles. The van der Waals surface area contributed by atoms with Crippen LogP contribution in [0.15, 0.2) is 47.8 Å². The van der Waals surface area contributed by atoms with Crippen molar-refractivity contribution in [2.45, 2.75) is 44.5 Å². The minimum Gasteiger partial charge on any atom is -0.383 e. The monoisotopic (exact) mass is 330 g/mol. The summed E-state index contributed by atoms with van der Waals surface area (Å²) in [5, 5.41) is 16.2. The molecule has 1 fully saturated rings. The van der Waals surface area contributed by atoms with Gasteiger partial charge in [-0.25, -0.2) is 0 Å². The molecule has 2 aromatic rings. The fourth-order valence-corrected chi connectivity index (χ4v) is 4.09. The highest BCUT2D eigenvalue weighted by molar-refractivity contribution is 7.10. The Labute approximate surface area is 143 Å². The van der Waals surface area contributed by atoms with Crippen LogP contribution in [0.3, 0.4) is 0 Å². The van der Waals surface area contributed by atoms with Gasteiger partial charge in [-0.2, -0.15) is 0 Å². The van der Waals surface area contributed by atoms with Crippen molar-refractivity contribution >= 4 is 11.3 Å². The minimum atomic E-state index is -0.787. The highest BCUT2D eigenvalue weighted by atomic mass is 32.1. The summed E-state index contributed by atoms with van der Waals surface area (Å²) in [4.78, 5) is 3.55. The highest BCUT2D eigenvalue weighted by Crippen LogP contribution is 2.26. The first-order valence-corrected chi connectivity index (χ1v) is 9.20. The molecule has 1 aromatic carbocycles. The Hall–Kier alpha value is -1.20. The number of benzene rings is 1. The third-order valence-electron chi connectivity index (χ3n) is 4.72. The summed E-state index contributed by atoms with van der Waals surface area (Å²) in [5.41, 5.74) is 0.579. The van der Waals surface area contributed by atoms with E-state index in [4.69, 9.17) is 0 Å². The number of nitrogens with one attached hydrogen (secondary N) is 1. The zero-order valence-electron chi connectivity index (χ0n) is 13.9. The standard InChI is InChI=1S/C19H26N2OS/c1-15-11-17(13-21(15)12-16-7-4-3-5-8-16)20-14-19(2,22)18-9-6-10-23-18/h3-10,15,17,20,22H,11-14H2,1-2H3. The van der Waals surface area contributed by atoms with Crippen LogP contribution in [0.2, 0.25) is 0 Å². The molecule has 1 aliphatic heterocycles. The average Bonchev–Trinajstić information content (AvgIpc) is 3.18. The molecule has 0 bridgehead atoms. The molecule has 23 heavy (non-hydrogen) atoms. The first-order chi connectivity index (χ1) is 11.0. The van der Waals surface area contributed by atoms with Gasteiger partial charge in [0.1, 0.15) is 5.60 Å². The third-order valence-corrected chi connectivity index (χ3v) is 5.84. The van der Waals surface area contributed by atoms with E-state index in [-0.39, 0.29) is 0 Å². The van der Waals surface area contributed by atoms with Gasteiger partial charge in [-0.05, 0) is 37.3 Å². The van der Waals surface area contributed by atoms with Crippen LogP contribution in [-0.4, -0.2) is 35.2 Å². The third kappa shape index (κ3) is 4.21. The summed E-state index contributed by atoms with van der Waals surface area (Å²) >= 11 is 1.61. The normalized spacial score (nSPS) is 24.7. The molecule has 3 rings (SSSR count). The van der Waals surface area contributed by atoms with Gasteiger partial charge in [0, 0.05) is 36.6 Å². The van der Waals surface area contributed by atoms with Gasteiger partial charge in [-0.3, -0.25) is 4.90 Å². The summed E-state index contributed by atoms with van der Waals surface area (Å²) in [6, 6.07) is 15.7. The molecule has 3 nitrogen and oxygen atoms in total. The maximum atomic E-state index is 10.6. The molecule has 1 aliphatic rings. The topological polar surface area (TPSA) is 35.5 Å². The molecule has 124 valence electrons. The fraction of sp³-hybridized carbons (Fsp3) is 0.474. The van der Waals surface area contributed by atoms with Crippen molar-refractivity contribution in [1.29, 1.82) is 0 Å². The number of nitrogens with zero attached hydrogens (tertiary/aromatic N) is 1. The Morgan fingerprint density at radius 1 is 1.26 bits per heavy atom. The Morgan fingerprint density at radius 3 is 2.74 bits per heavy atom. The second kappa shape index (κ2) is 7.14. The molecule has 0 radical (unpaired) electrons. The largest absolute Gasteiger partial charge is 0.383 e. The average molecular weight is 330 g/mol. The number of thiophene rings is 1. The van der Waals surface area contributed by atoms with E-state index in [1.54, 1.807) is 11.3 Å². The second-order valence-electron chi connectivity index (χ2n) is 6.83. The van der Waals surface area contributed by atoms with Gasteiger partial charge in [0.15, 0.2) is 0 Å². The van der Waals surface area contributed by atoms with Gasteiger partial charge < -0.3 is 10.4 Å². The number of likely N-dealkylation sites (tertiary alicyclic amines) is 1. The van der Waals surface area contributed by atoms with Crippen LogP contribution in [0, 0.1) is 0 Å². The lowest BCUT2D eigenvalue weighted by molar-refractivity contribution is 0.0577. The lowest BCUT2D eigenvalue weighted by atomic mass is 10.0. The Balaban J connectivity index is 1.53. The van der Waals surface area contributed by atoms with Crippen LogP contribution in [0.1, 0.15) is 30.7 Å². The van der Waals surface area contributed by atoms with E-state index in [2.05, 4.69) is 47.5 Å². The highest BCUT2D eigenvalue weighted by Gasteiger charge is 2.31. The fourth-order valence-electron chi connectivity index (χ4n) is 3.30. The molecule has 0 saturated carbocycles. The van der Waals surface area contributed by atoms with Crippen molar-refractivity contribution in [2.24, 2.45) is 0 Å².